The van der Waals surface area contributed by atoms with E-state index in [9.17, 15) is 9.59 Å². The Morgan fingerprint density at radius 1 is 1.00 bits per heavy atom. The van der Waals surface area contributed by atoms with Gasteiger partial charge in [-0.1, -0.05) is 6.92 Å². The van der Waals surface area contributed by atoms with E-state index >= 15 is 0 Å². The normalized spacial score (nSPS) is 10.8. The quantitative estimate of drug-likeness (QED) is 0.733. The van der Waals surface area contributed by atoms with Gasteiger partial charge in [0.05, 0.1) is 12.5 Å². The number of furan rings is 2. The summed E-state index contributed by atoms with van der Waals surface area (Å²) in [6, 6.07) is 6.60. The van der Waals surface area contributed by atoms with Crippen LogP contribution in [0, 0.1) is 5.92 Å². The Balaban J connectivity index is 1.87. The van der Waals surface area contributed by atoms with Crippen LogP contribution in [0.15, 0.2) is 45.6 Å². The van der Waals surface area contributed by atoms with Gasteiger partial charge >= 0.3 is 0 Å². The summed E-state index contributed by atoms with van der Waals surface area (Å²) in [4.78, 5) is 23.5. The highest BCUT2D eigenvalue weighted by molar-refractivity contribution is 5.96. The van der Waals surface area contributed by atoms with E-state index in [1.807, 2.05) is 6.92 Å². The molecule has 0 radical (unpaired) electrons. The van der Waals surface area contributed by atoms with Crippen LogP contribution < -0.4 is 0 Å². The molecule has 2 aromatic rings. The van der Waals surface area contributed by atoms with Crippen LogP contribution in [0.2, 0.25) is 0 Å². The van der Waals surface area contributed by atoms with Gasteiger partial charge in [0, 0.05) is 12.8 Å². The van der Waals surface area contributed by atoms with E-state index in [1.54, 1.807) is 24.3 Å². The summed E-state index contributed by atoms with van der Waals surface area (Å²) in [7, 11) is 0. The molecular formula is C14H14O4. The number of carbonyl (C=O) groups is 2. The standard InChI is InChI=1S/C14H14O4/c1-10(8-11(15)13-4-2-6-17-13)9-12(16)14-5-3-7-18-14/h2-7,10H,8-9H2,1H3. The van der Waals surface area contributed by atoms with E-state index < -0.39 is 0 Å². The summed E-state index contributed by atoms with van der Waals surface area (Å²) in [6.07, 6.45) is 3.51. The van der Waals surface area contributed by atoms with Crippen molar-refractivity contribution in [2.75, 3.05) is 0 Å². The molecule has 0 aliphatic rings. The van der Waals surface area contributed by atoms with Crippen LogP contribution in [0.4, 0.5) is 0 Å². The molecule has 0 aliphatic carbocycles. The van der Waals surface area contributed by atoms with Crippen LogP contribution in [0.25, 0.3) is 0 Å². The molecule has 2 rings (SSSR count). The van der Waals surface area contributed by atoms with Gasteiger partial charge < -0.3 is 8.83 Å². The topological polar surface area (TPSA) is 60.4 Å². The average Bonchev–Trinajstić information content (AvgIpc) is 3.02. The SMILES string of the molecule is CC(CC(=O)c1ccco1)CC(=O)c1ccco1. The number of carbonyl (C=O) groups excluding carboxylic acids is 2. The van der Waals surface area contributed by atoms with Gasteiger partial charge in [-0.15, -0.1) is 0 Å². The van der Waals surface area contributed by atoms with Crippen molar-refractivity contribution in [2.24, 2.45) is 5.92 Å². The van der Waals surface area contributed by atoms with Crippen molar-refractivity contribution in [3.05, 3.63) is 48.3 Å². The summed E-state index contributed by atoms with van der Waals surface area (Å²) in [5.74, 6) is 0.472. The maximum absolute atomic E-state index is 11.8. The third kappa shape index (κ3) is 2.97. The van der Waals surface area contributed by atoms with E-state index in [-0.39, 0.29) is 17.5 Å². The van der Waals surface area contributed by atoms with Gasteiger partial charge in [0.1, 0.15) is 0 Å². The first-order chi connectivity index (χ1) is 8.66. The van der Waals surface area contributed by atoms with Gasteiger partial charge in [-0.3, -0.25) is 9.59 Å². The van der Waals surface area contributed by atoms with Crippen molar-refractivity contribution in [1.29, 1.82) is 0 Å². The summed E-state index contributed by atoms with van der Waals surface area (Å²) in [5.41, 5.74) is 0. The molecule has 0 unspecified atom stereocenters. The Hall–Kier alpha value is -2.10. The van der Waals surface area contributed by atoms with E-state index in [0.29, 0.717) is 24.4 Å². The molecule has 4 nitrogen and oxygen atoms in total. The first-order valence-corrected chi connectivity index (χ1v) is 5.80. The van der Waals surface area contributed by atoms with Gasteiger partial charge in [-0.05, 0) is 30.2 Å². The van der Waals surface area contributed by atoms with E-state index in [0.717, 1.165) is 0 Å². The Morgan fingerprint density at radius 2 is 1.44 bits per heavy atom. The zero-order valence-corrected chi connectivity index (χ0v) is 10.1. The molecule has 0 aliphatic heterocycles. The van der Waals surface area contributed by atoms with Crippen molar-refractivity contribution in [3.63, 3.8) is 0 Å². The molecule has 0 saturated heterocycles. The van der Waals surface area contributed by atoms with Gasteiger partial charge in [-0.2, -0.15) is 0 Å². The van der Waals surface area contributed by atoms with Crippen LogP contribution in [-0.4, -0.2) is 11.6 Å². The smallest absolute Gasteiger partial charge is 0.198 e. The van der Waals surface area contributed by atoms with Gasteiger partial charge in [0.2, 0.25) is 0 Å². The largest absolute Gasteiger partial charge is 0.461 e. The molecule has 0 spiro atoms. The third-order valence-corrected chi connectivity index (χ3v) is 2.66. The lowest BCUT2D eigenvalue weighted by molar-refractivity contribution is 0.0899. The Labute approximate surface area is 105 Å². The maximum atomic E-state index is 11.8. The van der Waals surface area contributed by atoms with E-state index in [2.05, 4.69) is 0 Å². The fourth-order valence-electron chi connectivity index (χ4n) is 1.78. The molecular weight excluding hydrogens is 232 g/mol. The summed E-state index contributed by atoms with van der Waals surface area (Å²) >= 11 is 0. The Morgan fingerprint density at radius 3 is 1.78 bits per heavy atom. The summed E-state index contributed by atoms with van der Waals surface area (Å²) < 4.78 is 10.0. The zero-order chi connectivity index (χ0) is 13.0. The van der Waals surface area contributed by atoms with Crippen molar-refractivity contribution < 1.29 is 18.4 Å². The molecule has 2 heterocycles. The number of hydrogen-bond acceptors (Lipinski definition) is 4. The highest BCUT2D eigenvalue weighted by atomic mass is 16.3. The van der Waals surface area contributed by atoms with Crippen LogP contribution in [0.1, 0.15) is 40.9 Å². The third-order valence-electron chi connectivity index (χ3n) is 2.66. The summed E-state index contributed by atoms with van der Waals surface area (Å²) in [5, 5.41) is 0. The van der Waals surface area contributed by atoms with Crippen LogP contribution in [0.5, 0.6) is 0 Å². The molecule has 0 atom stereocenters. The predicted molar refractivity (Wildman–Crippen MR) is 64.5 cm³/mol. The molecule has 0 amide bonds. The highest BCUT2D eigenvalue weighted by Crippen LogP contribution is 2.16. The second-order valence-electron chi connectivity index (χ2n) is 4.31. The molecule has 0 bridgehead atoms. The second kappa shape index (κ2) is 5.49. The Bertz CT molecular complexity index is 460. The first-order valence-electron chi connectivity index (χ1n) is 5.80. The molecule has 2 aromatic heterocycles. The van der Waals surface area contributed by atoms with Crippen molar-refractivity contribution in [2.45, 2.75) is 19.8 Å². The average molecular weight is 246 g/mol. The number of hydrogen-bond donors (Lipinski definition) is 0. The van der Waals surface area contributed by atoms with Gasteiger partial charge in [0.25, 0.3) is 0 Å². The first kappa shape index (κ1) is 12.4. The monoisotopic (exact) mass is 246 g/mol. The fourth-order valence-corrected chi connectivity index (χ4v) is 1.78. The lowest BCUT2D eigenvalue weighted by Gasteiger charge is -2.07. The van der Waals surface area contributed by atoms with Crippen molar-refractivity contribution in [1.82, 2.24) is 0 Å². The molecule has 94 valence electrons. The van der Waals surface area contributed by atoms with E-state index in [4.69, 9.17) is 8.83 Å². The van der Waals surface area contributed by atoms with Crippen LogP contribution >= 0.6 is 0 Å². The second-order valence-corrected chi connectivity index (χ2v) is 4.31. The van der Waals surface area contributed by atoms with Crippen molar-refractivity contribution in [3.8, 4) is 0 Å². The predicted octanol–water partition coefficient (Wildman–Crippen LogP) is 3.35. The minimum atomic E-state index is -0.0836. The Kier molecular flexibility index (Phi) is 3.77. The van der Waals surface area contributed by atoms with Crippen LogP contribution in [0.3, 0.4) is 0 Å². The van der Waals surface area contributed by atoms with Gasteiger partial charge in [0.15, 0.2) is 23.1 Å². The molecule has 0 aromatic carbocycles. The molecule has 0 fully saturated rings. The highest BCUT2D eigenvalue weighted by Gasteiger charge is 2.18. The number of rotatable bonds is 6. The van der Waals surface area contributed by atoms with Crippen molar-refractivity contribution >= 4 is 11.6 Å². The summed E-state index contributed by atoms with van der Waals surface area (Å²) in [6.45, 7) is 1.86. The van der Waals surface area contributed by atoms with Gasteiger partial charge in [-0.25, -0.2) is 0 Å². The minimum Gasteiger partial charge on any atom is -0.461 e. The molecule has 0 N–H and O–H groups in total. The lowest BCUT2D eigenvalue weighted by Crippen LogP contribution is -2.10. The molecule has 0 saturated carbocycles. The zero-order valence-electron chi connectivity index (χ0n) is 10.1. The number of Topliss-reactive ketones (excluding diaryl/α,β-unsaturated/α-hetero) is 2. The molecule has 4 heteroatoms. The van der Waals surface area contributed by atoms with Crippen LogP contribution in [-0.2, 0) is 0 Å². The van der Waals surface area contributed by atoms with E-state index in [1.165, 1.54) is 12.5 Å². The minimum absolute atomic E-state index is 0.0415. The maximum Gasteiger partial charge on any atom is 0.198 e. The fraction of sp³-hybridized carbons (Fsp3) is 0.286. The molecule has 18 heavy (non-hydrogen) atoms. The lowest BCUT2D eigenvalue weighted by atomic mass is 9.97. The number of ketones is 2.